The maximum absolute atomic E-state index is 6.47. The van der Waals surface area contributed by atoms with Crippen LogP contribution in [0, 0.1) is 11.8 Å². The largest absolute Gasteiger partial charge is 0.271 e. The molecule has 0 saturated heterocycles. The van der Waals surface area contributed by atoms with Crippen LogP contribution >= 0.6 is 11.6 Å². The SMILES string of the molecule is CCc1nn(C)c(CC(NN)C2CCCC(CC)C2)c1Cl. The molecule has 0 bridgehead atoms. The Morgan fingerprint density at radius 2 is 2.19 bits per heavy atom. The Balaban J connectivity index is 2.10. The summed E-state index contributed by atoms with van der Waals surface area (Å²) >= 11 is 6.47. The molecule has 2 rings (SSSR count). The normalized spacial score (nSPS) is 24.2. The summed E-state index contributed by atoms with van der Waals surface area (Å²) in [6.45, 7) is 4.38. The van der Waals surface area contributed by atoms with Crippen LogP contribution in [0.3, 0.4) is 0 Å². The van der Waals surface area contributed by atoms with E-state index in [1.165, 1.54) is 32.1 Å². The molecule has 120 valence electrons. The molecule has 1 aliphatic rings. The van der Waals surface area contributed by atoms with Gasteiger partial charge in [0.05, 0.1) is 16.4 Å². The van der Waals surface area contributed by atoms with Gasteiger partial charge in [-0.2, -0.15) is 5.10 Å². The highest BCUT2D eigenvalue weighted by Gasteiger charge is 2.29. The predicted molar refractivity (Wildman–Crippen MR) is 88.2 cm³/mol. The van der Waals surface area contributed by atoms with E-state index in [1.54, 1.807) is 0 Å². The number of aryl methyl sites for hydroxylation is 2. The monoisotopic (exact) mass is 312 g/mol. The van der Waals surface area contributed by atoms with Crippen molar-refractivity contribution in [3.63, 3.8) is 0 Å². The maximum Gasteiger partial charge on any atom is 0.0850 e. The Bertz CT molecular complexity index is 457. The number of rotatable bonds is 6. The van der Waals surface area contributed by atoms with Crippen LogP contribution in [-0.2, 0) is 19.9 Å². The molecule has 5 heteroatoms. The molecule has 1 heterocycles. The topological polar surface area (TPSA) is 55.9 Å². The summed E-state index contributed by atoms with van der Waals surface area (Å²) in [5.74, 6) is 7.35. The molecule has 1 saturated carbocycles. The Hall–Kier alpha value is -0.580. The first kappa shape index (κ1) is 16.8. The number of halogens is 1. The van der Waals surface area contributed by atoms with Crippen LogP contribution in [0.4, 0.5) is 0 Å². The molecule has 1 aromatic heterocycles. The lowest BCUT2D eigenvalue weighted by molar-refractivity contribution is 0.206. The van der Waals surface area contributed by atoms with Crippen molar-refractivity contribution < 1.29 is 0 Å². The molecular weight excluding hydrogens is 284 g/mol. The standard InChI is InChI=1S/C16H29ClN4/c1-4-11-7-6-8-12(9-11)14(19-18)10-15-16(17)13(5-2)20-21(15)3/h11-12,14,19H,4-10,18H2,1-3H3. The Morgan fingerprint density at radius 1 is 1.43 bits per heavy atom. The van der Waals surface area contributed by atoms with Crippen LogP contribution in [0.5, 0.6) is 0 Å². The molecule has 0 spiro atoms. The second-order valence-corrected chi connectivity index (χ2v) is 6.74. The van der Waals surface area contributed by atoms with Gasteiger partial charge in [-0.1, -0.05) is 44.7 Å². The van der Waals surface area contributed by atoms with Crippen molar-refractivity contribution in [3.8, 4) is 0 Å². The number of aromatic nitrogens is 2. The molecular formula is C16H29ClN4. The fourth-order valence-corrected chi connectivity index (χ4v) is 4.05. The van der Waals surface area contributed by atoms with E-state index in [0.717, 1.165) is 35.2 Å². The summed E-state index contributed by atoms with van der Waals surface area (Å²) in [6.07, 6.45) is 8.25. The first-order valence-electron chi connectivity index (χ1n) is 8.26. The summed E-state index contributed by atoms with van der Waals surface area (Å²) in [6, 6.07) is 0.289. The summed E-state index contributed by atoms with van der Waals surface area (Å²) in [7, 11) is 1.98. The number of nitrogens with one attached hydrogen (secondary N) is 1. The maximum atomic E-state index is 6.47. The van der Waals surface area contributed by atoms with Gasteiger partial charge in [0.25, 0.3) is 0 Å². The first-order valence-corrected chi connectivity index (χ1v) is 8.64. The summed E-state index contributed by atoms with van der Waals surface area (Å²) in [4.78, 5) is 0. The highest BCUT2D eigenvalue weighted by Crippen LogP contribution is 2.34. The molecule has 1 aliphatic carbocycles. The van der Waals surface area contributed by atoms with Gasteiger partial charge in [0, 0.05) is 19.5 Å². The molecule has 0 aromatic carbocycles. The second kappa shape index (κ2) is 7.61. The van der Waals surface area contributed by atoms with Crippen LogP contribution in [0.1, 0.15) is 57.3 Å². The van der Waals surface area contributed by atoms with Gasteiger partial charge in [-0.15, -0.1) is 0 Å². The van der Waals surface area contributed by atoms with Crippen LogP contribution in [0.2, 0.25) is 5.02 Å². The zero-order chi connectivity index (χ0) is 15.4. The number of hydrogen-bond donors (Lipinski definition) is 2. The third-order valence-electron chi connectivity index (χ3n) is 5.10. The fourth-order valence-electron chi connectivity index (χ4n) is 3.68. The molecule has 0 radical (unpaired) electrons. The van der Waals surface area contributed by atoms with Gasteiger partial charge in [0.1, 0.15) is 0 Å². The van der Waals surface area contributed by atoms with E-state index in [9.17, 15) is 0 Å². The average Bonchev–Trinajstić information content (AvgIpc) is 2.79. The van der Waals surface area contributed by atoms with Gasteiger partial charge in [-0.3, -0.25) is 16.0 Å². The van der Waals surface area contributed by atoms with E-state index in [1.807, 2.05) is 11.7 Å². The molecule has 1 fully saturated rings. The van der Waals surface area contributed by atoms with E-state index >= 15 is 0 Å². The van der Waals surface area contributed by atoms with Crippen LogP contribution in [0.25, 0.3) is 0 Å². The van der Waals surface area contributed by atoms with Gasteiger partial charge >= 0.3 is 0 Å². The summed E-state index contributed by atoms with van der Waals surface area (Å²) in [5, 5.41) is 5.33. The smallest absolute Gasteiger partial charge is 0.0850 e. The molecule has 3 atom stereocenters. The number of hydrazine groups is 1. The van der Waals surface area contributed by atoms with Crippen molar-refractivity contribution in [3.05, 3.63) is 16.4 Å². The van der Waals surface area contributed by atoms with E-state index in [4.69, 9.17) is 17.4 Å². The zero-order valence-corrected chi connectivity index (χ0v) is 14.3. The highest BCUT2D eigenvalue weighted by atomic mass is 35.5. The molecule has 1 aromatic rings. The minimum atomic E-state index is 0.289. The second-order valence-electron chi connectivity index (χ2n) is 6.36. The Labute approximate surface area is 133 Å². The van der Waals surface area contributed by atoms with Gasteiger partial charge in [0.2, 0.25) is 0 Å². The lowest BCUT2D eigenvalue weighted by atomic mass is 9.76. The van der Waals surface area contributed by atoms with Gasteiger partial charge in [0.15, 0.2) is 0 Å². The van der Waals surface area contributed by atoms with E-state index in [2.05, 4.69) is 24.4 Å². The van der Waals surface area contributed by atoms with Crippen molar-refractivity contribution >= 4 is 11.6 Å². The van der Waals surface area contributed by atoms with Crippen LogP contribution < -0.4 is 11.3 Å². The lowest BCUT2D eigenvalue weighted by Gasteiger charge is -2.34. The molecule has 4 nitrogen and oxygen atoms in total. The van der Waals surface area contributed by atoms with E-state index < -0.39 is 0 Å². The summed E-state index contributed by atoms with van der Waals surface area (Å²) in [5.41, 5.74) is 5.14. The minimum Gasteiger partial charge on any atom is -0.271 e. The molecule has 0 aliphatic heterocycles. The Kier molecular flexibility index (Phi) is 6.08. The molecule has 21 heavy (non-hydrogen) atoms. The van der Waals surface area contributed by atoms with Gasteiger partial charge in [-0.05, 0) is 31.1 Å². The lowest BCUT2D eigenvalue weighted by Crippen LogP contribution is -2.44. The van der Waals surface area contributed by atoms with E-state index in [0.29, 0.717) is 5.92 Å². The number of nitrogens with two attached hydrogens (primary N) is 1. The van der Waals surface area contributed by atoms with Crippen molar-refractivity contribution in [2.45, 2.75) is 64.8 Å². The minimum absolute atomic E-state index is 0.289. The fraction of sp³-hybridized carbons (Fsp3) is 0.812. The van der Waals surface area contributed by atoms with Crippen molar-refractivity contribution in [2.24, 2.45) is 24.7 Å². The van der Waals surface area contributed by atoms with Crippen molar-refractivity contribution in [2.75, 3.05) is 0 Å². The van der Waals surface area contributed by atoms with E-state index in [-0.39, 0.29) is 6.04 Å². The molecule has 3 N–H and O–H groups in total. The number of nitrogens with zero attached hydrogens (tertiary/aromatic N) is 2. The van der Waals surface area contributed by atoms with Gasteiger partial charge in [-0.25, -0.2) is 0 Å². The van der Waals surface area contributed by atoms with Crippen molar-refractivity contribution in [1.82, 2.24) is 15.2 Å². The van der Waals surface area contributed by atoms with Crippen LogP contribution in [-0.4, -0.2) is 15.8 Å². The number of hydrogen-bond acceptors (Lipinski definition) is 3. The summed E-state index contributed by atoms with van der Waals surface area (Å²) < 4.78 is 1.92. The van der Waals surface area contributed by atoms with Crippen molar-refractivity contribution in [1.29, 1.82) is 0 Å². The molecule has 0 amide bonds. The average molecular weight is 313 g/mol. The quantitative estimate of drug-likeness (QED) is 0.626. The van der Waals surface area contributed by atoms with Crippen LogP contribution in [0.15, 0.2) is 0 Å². The zero-order valence-electron chi connectivity index (χ0n) is 13.5. The van der Waals surface area contributed by atoms with Gasteiger partial charge < -0.3 is 0 Å². The third-order valence-corrected chi connectivity index (χ3v) is 5.54. The molecule has 3 unspecified atom stereocenters. The predicted octanol–water partition coefficient (Wildman–Crippen LogP) is 3.23. The third kappa shape index (κ3) is 3.79. The highest BCUT2D eigenvalue weighted by molar-refractivity contribution is 6.31. The first-order chi connectivity index (χ1) is 10.1. The Morgan fingerprint density at radius 3 is 2.76 bits per heavy atom.